The fourth-order valence-corrected chi connectivity index (χ4v) is 2.02. The highest BCUT2D eigenvalue weighted by Crippen LogP contribution is 2.20. The van der Waals surface area contributed by atoms with Crippen LogP contribution in [0.2, 0.25) is 0 Å². The van der Waals surface area contributed by atoms with Gasteiger partial charge < -0.3 is 10.2 Å². The van der Waals surface area contributed by atoms with E-state index in [0.717, 1.165) is 19.6 Å². The van der Waals surface area contributed by atoms with Crippen molar-refractivity contribution in [3.63, 3.8) is 0 Å². The predicted molar refractivity (Wildman–Crippen MR) is 78.9 cm³/mol. The molecule has 1 rings (SSSR count). The van der Waals surface area contributed by atoms with Crippen LogP contribution in [0.25, 0.3) is 0 Å². The van der Waals surface area contributed by atoms with E-state index < -0.39 is 0 Å². The van der Waals surface area contributed by atoms with E-state index >= 15 is 0 Å². The molecule has 3 heteroatoms. The zero-order valence-electron chi connectivity index (χ0n) is 12.4. The maximum absolute atomic E-state index is 4.25. The minimum atomic E-state index is 0.498. The Morgan fingerprint density at radius 1 is 1.28 bits per heavy atom. The van der Waals surface area contributed by atoms with E-state index in [2.05, 4.69) is 55.9 Å². The topological polar surface area (TPSA) is 28.2 Å². The molecule has 1 aromatic heterocycles. The van der Waals surface area contributed by atoms with Crippen LogP contribution in [0, 0.1) is 5.92 Å². The largest absolute Gasteiger partial charge is 0.371 e. The van der Waals surface area contributed by atoms with Crippen LogP contribution in [0.1, 0.15) is 40.2 Å². The Morgan fingerprint density at radius 2 is 2.00 bits per heavy atom. The van der Waals surface area contributed by atoms with E-state index in [1.165, 1.54) is 11.3 Å². The van der Waals surface area contributed by atoms with Gasteiger partial charge in [-0.1, -0.05) is 27.7 Å². The number of nitrogens with one attached hydrogen (secondary N) is 1. The fraction of sp³-hybridized carbons (Fsp3) is 0.667. The second-order valence-electron chi connectivity index (χ2n) is 5.47. The van der Waals surface area contributed by atoms with Gasteiger partial charge in [0.05, 0.1) is 0 Å². The Labute approximate surface area is 112 Å². The van der Waals surface area contributed by atoms with Crippen LogP contribution in [0.3, 0.4) is 0 Å². The lowest BCUT2D eigenvalue weighted by molar-refractivity contribution is 0.581. The van der Waals surface area contributed by atoms with Crippen molar-refractivity contribution in [3.8, 4) is 0 Å². The van der Waals surface area contributed by atoms with E-state index in [1.54, 1.807) is 0 Å². The van der Waals surface area contributed by atoms with Crippen LogP contribution >= 0.6 is 0 Å². The van der Waals surface area contributed by atoms with Gasteiger partial charge in [-0.3, -0.25) is 4.98 Å². The predicted octanol–water partition coefficient (Wildman–Crippen LogP) is 3.06. The normalized spacial score (nSPS) is 11.3. The monoisotopic (exact) mass is 249 g/mol. The summed E-state index contributed by atoms with van der Waals surface area (Å²) in [7, 11) is 0. The molecule has 0 aliphatic heterocycles. The summed E-state index contributed by atoms with van der Waals surface area (Å²) in [6, 6.07) is 2.63. The number of aromatic nitrogens is 1. The van der Waals surface area contributed by atoms with Crippen molar-refractivity contribution in [2.45, 2.75) is 47.2 Å². The summed E-state index contributed by atoms with van der Waals surface area (Å²) in [6.07, 6.45) is 3.87. The van der Waals surface area contributed by atoms with Gasteiger partial charge in [-0.25, -0.2) is 0 Å². The lowest BCUT2D eigenvalue weighted by Gasteiger charge is -2.27. The van der Waals surface area contributed by atoms with Crippen LogP contribution in [-0.2, 0) is 6.54 Å². The van der Waals surface area contributed by atoms with Gasteiger partial charge in [0.1, 0.15) is 0 Å². The first kappa shape index (κ1) is 15.0. The molecule has 18 heavy (non-hydrogen) atoms. The molecule has 3 nitrogen and oxygen atoms in total. The summed E-state index contributed by atoms with van der Waals surface area (Å²) in [4.78, 5) is 6.69. The summed E-state index contributed by atoms with van der Waals surface area (Å²) in [6.45, 7) is 14.1. The SMILES string of the molecule is CCN(CC(C)C)c1ccncc1CNC(C)C. The van der Waals surface area contributed by atoms with Gasteiger partial charge in [0.15, 0.2) is 0 Å². The average Bonchev–Trinajstić information content (AvgIpc) is 2.33. The van der Waals surface area contributed by atoms with Crippen LogP contribution in [0.5, 0.6) is 0 Å². The van der Waals surface area contributed by atoms with E-state index in [9.17, 15) is 0 Å². The zero-order valence-corrected chi connectivity index (χ0v) is 12.4. The Hall–Kier alpha value is -1.09. The molecule has 0 fully saturated rings. The molecular formula is C15H27N3. The molecule has 1 aromatic rings. The third-order valence-corrected chi connectivity index (χ3v) is 2.89. The molecule has 0 saturated heterocycles. The summed E-state index contributed by atoms with van der Waals surface area (Å²) in [5.74, 6) is 0.670. The summed E-state index contributed by atoms with van der Waals surface area (Å²) >= 11 is 0. The van der Waals surface area contributed by atoms with Crippen molar-refractivity contribution >= 4 is 5.69 Å². The number of hydrogen-bond acceptors (Lipinski definition) is 3. The molecule has 0 bridgehead atoms. The molecule has 0 aliphatic rings. The maximum atomic E-state index is 4.25. The fourth-order valence-electron chi connectivity index (χ4n) is 2.02. The van der Waals surface area contributed by atoms with Gasteiger partial charge in [0.2, 0.25) is 0 Å². The number of anilines is 1. The molecule has 0 radical (unpaired) electrons. The van der Waals surface area contributed by atoms with Gasteiger partial charge >= 0.3 is 0 Å². The Balaban J connectivity index is 2.84. The smallest absolute Gasteiger partial charge is 0.0442 e. The van der Waals surface area contributed by atoms with Crippen molar-refractivity contribution in [1.82, 2.24) is 10.3 Å². The number of hydrogen-bond donors (Lipinski definition) is 1. The van der Waals surface area contributed by atoms with Gasteiger partial charge in [0.25, 0.3) is 0 Å². The minimum absolute atomic E-state index is 0.498. The lowest BCUT2D eigenvalue weighted by Crippen LogP contribution is -2.30. The first-order valence-electron chi connectivity index (χ1n) is 6.95. The molecular weight excluding hydrogens is 222 g/mol. The molecule has 0 atom stereocenters. The molecule has 102 valence electrons. The summed E-state index contributed by atoms with van der Waals surface area (Å²) in [5.41, 5.74) is 2.60. The van der Waals surface area contributed by atoms with Gasteiger partial charge in [-0.2, -0.15) is 0 Å². The quantitative estimate of drug-likeness (QED) is 0.805. The van der Waals surface area contributed by atoms with Gasteiger partial charge in [0, 0.05) is 49.3 Å². The third kappa shape index (κ3) is 4.65. The zero-order chi connectivity index (χ0) is 13.5. The Kier molecular flexibility index (Phi) is 6.13. The van der Waals surface area contributed by atoms with Crippen LogP contribution < -0.4 is 10.2 Å². The van der Waals surface area contributed by atoms with Crippen LogP contribution in [0.4, 0.5) is 5.69 Å². The van der Waals surface area contributed by atoms with Crippen molar-refractivity contribution in [3.05, 3.63) is 24.0 Å². The van der Waals surface area contributed by atoms with Crippen LogP contribution in [0.15, 0.2) is 18.5 Å². The maximum Gasteiger partial charge on any atom is 0.0442 e. The molecule has 0 aliphatic carbocycles. The molecule has 0 spiro atoms. The van der Waals surface area contributed by atoms with E-state index in [0.29, 0.717) is 12.0 Å². The van der Waals surface area contributed by atoms with E-state index in [1.807, 2.05) is 12.4 Å². The Bertz CT molecular complexity index is 347. The van der Waals surface area contributed by atoms with Gasteiger partial charge in [-0.15, -0.1) is 0 Å². The Morgan fingerprint density at radius 3 is 2.56 bits per heavy atom. The average molecular weight is 249 g/mol. The van der Waals surface area contributed by atoms with Crippen molar-refractivity contribution in [1.29, 1.82) is 0 Å². The summed E-state index contributed by atoms with van der Waals surface area (Å²) in [5, 5.41) is 3.47. The third-order valence-electron chi connectivity index (χ3n) is 2.89. The minimum Gasteiger partial charge on any atom is -0.371 e. The van der Waals surface area contributed by atoms with Crippen molar-refractivity contribution in [2.24, 2.45) is 5.92 Å². The highest BCUT2D eigenvalue weighted by atomic mass is 15.1. The van der Waals surface area contributed by atoms with Crippen molar-refractivity contribution < 1.29 is 0 Å². The molecule has 0 aromatic carbocycles. The molecule has 1 N–H and O–H groups in total. The second-order valence-corrected chi connectivity index (χ2v) is 5.47. The van der Waals surface area contributed by atoms with E-state index in [-0.39, 0.29) is 0 Å². The molecule has 0 amide bonds. The molecule has 0 unspecified atom stereocenters. The van der Waals surface area contributed by atoms with E-state index in [4.69, 9.17) is 0 Å². The van der Waals surface area contributed by atoms with Crippen molar-refractivity contribution in [2.75, 3.05) is 18.0 Å². The first-order valence-corrected chi connectivity index (χ1v) is 6.95. The molecule has 1 heterocycles. The lowest BCUT2D eigenvalue weighted by atomic mass is 10.1. The standard InChI is InChI=1S/C15H27N3/c1-6-18(11-12(2)3)15-7-8-16-9-14(15)10-17-13(4)5/h7-9,12-13,17H,6,10-11H2,1-5H3. The molecule has 0 saturated carbocycles. The summed E-state index contributed by atoms with van der Waals surface area (Å²) < 4.78 is 0. The highest BCUT2D eigenvalue weighted by Gasteiger charge is 2.11. The highest BCUT2D eigenvalue weighted by molar-refractivity contribution is 5.52. The van der Waals surface area contributed by atoms with Crippen LogP contribution in [-0.4, -0.2) is 24.1 Å². The van der Waals surface area contributed by atoms with Gasteiger partial charge in [-0.05, 0) is 18.9 Å². The number of nitrogens with zero attached hydrogens (tertiary/aromatic N) is 2. The number of rotatable bonds is 7. The first-order chi connectivity index (χ1) is 8.54. The second kappa shape index (κ2) is 7.37. The number of pyridine rings is 1.